The number of aryl methyl sites for hydroxylation is 4. The zero-order chi connectivity index (χ0) is 33.3. The largest absolute Gasteiger partial charge is 0.469 e. The van der Waals surface area contributed by atoms with Crippen molar-refractivity contribution in [3.8, 4) is 0 Å². The van der Waals surface area contributed by atoms with Gasteiger partial charge in [0.2, 0.25) is 0 Å². The molecule has 2 aliphatic heterocycles. The number of methoxy groups -OCH3 is 2. The molecule has 3 aromatic heterocycles. The van der Waals surface area contributed by atoms with Crippen LogP contribution in [0.3, 0.4) is 0 Å². The zero-order valence-electron chi connectivity index (χ0n) is 27.9. The van der Waals surface area contributed by atoms with Crippen molar-refractivity contribution >= 4 is 62.4 Å². The number of carbonyl (C=O) groups excluding carboxylic acids is 2. The third-order valence-corrected chi connectivity index (χ3v) is 9.23. The molecule has 2 aliphatic rings. The number of nitrogens with zero attached hydrogens (tertiary/aromatic N) is 3. The molecule has 0 atom stereocenters. The van der Waals surface area contributed by atoms with Crippen molar-refractivity contribution in [1.82, 2.24) is 19.5 Å². The fraction of sp³-hybridized carbons (Fsp3) is 0.316. The predicted molar refractivity (Wildman–Crippen MR) is 187 cm³/mol. The van der Waals surface area contributed by atoms with E-state index in [1.807, 2.05) is 19.1 Å². The van der Waals surface area contributed by atoms with E-state index in [1.54, 1.807) is 0 Å². The lowest BCUT2D eigenvalue weighted by atomic mass is 10.00. The molecule has 8 nitrogen and oxygen atoms in total. The van der Waals surface area contributed by atoms with Gasteiger partial charge in [-0.25, -0.2) is 9.97 Å². The molecule has 0 aliphatic carbocycles. The molecule has 0 saturated carbocycles. The van der Waals surface area contributed by atoms with Gasteiger partial charge in [-0.05, 0) is 105 Å². The average Bonchev–Trinajstić information content (AvgIpc) is 3.69. The van der Waals surface area contributed by atoms with Crippen LogP contribution in [0.25, 0.3) is 50.4 Å². The van der Waals surface area contributed by atoms with Gasteiger partial charge in [0.25, 0.3) is 0 Å². The van der Waals surface area contributed by atoms with Crippen molar-refractivity contribution in [3.05, 3.63) is 88.5 Å². The minimum atomic E-state index is -0.274. The maximum absolute atomic E-state index is 12.3. The summed E-state index contributed by atoms with van der Waals surface area (Å²) in [5, 5.41) is 0. The lowest BCUT2D eigenvalue weighted by Gasteiger charge is -2.07. The molecule has 3 aromatic rings. The lowest BCUT2D eigenvalue weighted by Crippen LogP contribution is -2.03. The second kappa shape index (κ2) is 13.2. The first-order chi connectivity index (χ1) is 22.1. The molecule has 8 bridgehead atoms. The Kier molecular flexibility index (Phi) is 9.28. The van der Waals surface area contributed by atoms with E-state index in [0.717, 1.165) is 89.4 Å². The minimum Gasteiger partial charge on any atom is -0.469 e. The van der Waals surface area contributed by atoms with Crippen LogP contribution in [-0.2, 0) is 32.0 Å². The Morgan fingerprint density at radius 3 is 2.02 bits per heavy atom. The van der Waals surface area contributed by atoms with Crippen molar-refractivity contribution in [2.45, 2.75) is 66.8 Å². The Morgan fingerprint density at radius 2 is 1.39 bits per heavy atom. The van der Waals surface area contributed by atoms with E-state index in [2.05, 4.69) is 74.7 Å². The number of allylic oxidation sites excluding steroid dienone is 5. The summed E-state index contributed by atoms with van der Waals surface area (Å²) in [6, 6.07) is 8.35. The van der Waals surface area contributed by atoms with Gasteiger partial charge in [-0.1, -0.05) is 25.3 Å². The molecular formula is C38H42N4O4. The molecule has 238 valence electrons. The van der Waals surface area contributed by atoms with Crippen LogP contribution in [0.15, 0.2) is 43.5 Å². The number of hydrogen-bond acceptors (Lipinski definition) is 6. The summed E-state index contributed by atoms with van der Waals surface area (Å²) < 4.78 is 12.2. The van der Waals surface area contributed by atoms with E-state index >= 15 is 0 Å². The standard InChI is InChI=1S/C38H42N4O4/c1-10-25-21(4)29-17-30-23(6)27(13-15-37(43)45-8)34(41-30)20-36-28(14-16-38(44)46-9)24(7)35(42(36)12-3)19-33-26(11-2)22(5)31(40-33)18-32(25)39-29/h10-11,17-20,39H,1-2,12-16H2,3-9H3. The van der Waals surface area contributed by atoms with Gasteiger partial charge in [-0.2, -0.15) is 0 Å². The highest BCUT2D eigenvalue weighted by molar-refractivity contribution is 5.98. The second-order valence-corrected chi connectivity index (χ2v) is 11.7. The maximum atomic E-state index is 12.3. The topological polar surface area (TPSA) is 99.1 Å². The van der Waals surface area contributed by atoms with Gasteiger partial charge in [0.15, 0.2) is 0 Å². The second-order valence-electron chi connectivity index (χ2n) is 11.7. The monoisotopic (exact) mass is 618 g/mol. The maximum Gasteiger partial charge on any atom is 0.305 e. The smallest absolute Gasteiger partial charge is 0.305 e. The van der Waals surface area contributed by atoms with Crippen LogP contribution in [0.5, 0.6) is 0 Å². The van der Waals surface area contributed by atoms with Gasteiger partial charge in [-0.15, -0.1) is 0 Å². The Labute approximate surface area is 270 Å². The van der Waals surface area contributed by atoms with E-state index in [-0.39, 0.29) is 24.8 Å². The van der Waals surface area contributed by atoms with Crippen molar-refractivity contribution in [1.29, 1.82) is 0 Å². The van der Waals surface area contributed by atoms with Crippen molar-refractivity contribution < 1.29 is 19.1 Å². The number of fused-ring (bicyclic) bond motifs is 8. The Morgan fingerprint density at radius 1 is 0.783 bits per heavy atom. The van der Waals surface area contributed by atoms with E-state index in [1.165, 1.54) is 14.2 Å². The van der Waals surface area contributed by atoms with Crippen molar-refractivity contribution in [3.63, 3.8) is 0 Å². The summed E-state index contributed by atoms with van der Waals surface area (Å²) in [5.74, 6) is -0.539. The molecule has 0 spiro atoms. The third kappa shape index (κ3) is 5.75. The Bertz CT molecular complexity index is 2020. The molecule has 8 heteroatoms. The predicted octanol–water partition coefficient (Wildman–Crippen LogP) is 8.17. The number of ether oxygens (including phenoxy) is 2. The summed E-state index contributed by atoms with van der Waals surface area (Å²) in [5.41, 5.74) is 15.2. The normalized spacial score (nSPS) is 12.8. The number of nitrogens with one attached hydrogen (secondary N) is 1. The first-order valence-electron chi connectivity index (χ1n) is 15.6. The van der Waals surface area contributed by atoms with Crippen LogP contribution in [0.1, 0.15) is 85.1 Å². The molecule has 0 aromatic carbocycles. The number of H-pyrrole nitrogens is 1. The average molecular weight is 619 g/mol. The quantitative estimate of drug-likeness (QED) is 0.243. The third-order valence-electron chi connectivity index (χ3n) is 9.23. The summed E-state index contributed by atoms with van der Waals surface area (Å²) in [7, 11) is 2.82. The van der Waals surface area contributed by atoms with Gasteiger partial charge in [0.1, 0.15) is 0 Å². The van der Waals surface area contributed by atoms with Gasteiger partial charge in [0, 0.05) is 52.6 Å². The van der Waals surface area contributed by atoms with Crippen LogP contribution >= 0.6 is 0 Å². The molecule has 0 radical (unpaired) electrons. The van der Waals surface area contributed by atoms with Crippen LogP contribution in [-0.4, -0.2) is 45.7 Å². The SMILES string of the molecule is C=CC1=C(C)c2cc3[nH]c(cc4nc(cc5c(CCC(=O)OC)c(C)c(cc1n2)n5CC)C(CCC(=O)OC)=C4C)c(C)c3C=C. The van der Waals surface area contributed by atoms with Crippen LogP contribution < -0.4 is 0 Å². The van der Waals surface area contributed by atoms with Crippen LogP contribution in [0.4, 0.5) is 0 Å². The van der Waals surface area contributed by atoms with Gasteiger partial charge < -0.3 is 19.0 Å². The van der Waals surface area contributed by atoms with E-state index in [0.29, 0.717) is 19.4 Å². The molecule has 5 heterocycles. The first-order valence-corrected chi connectivity index (χ1v) is 15.6. The molecule has 5 rings (SSSR count). The molecule has 0 amide bonds. The number of aromatic nitrogens is 4. The first kappa shape index (κ1) is 32.4. The lowest BCUT2D eigenvalue weighted by molar-refractivity contribution is -0.141. The highest BCUT2D eigenvalue weighted by Gasteiger charge is 2.22. The van der Waals surface area contributed by atoms with Crippen LogP contribution in [0, 0.1) is 13.8 Å². The van der Waals surface area contributed by atoms with E-state index < -0.39 is 0 Å². The molecular weight excluding hydrogens is 576 g/mol. The van der Waals surface area contributed by atoms with Gasteiger partial charge in [0.05, 0.1) is 37.0 Å². The summed E-state index contributed by atoms with van der Waals surface area (Å²) in [4.78, 5) is 38.4. The number of rotatable bonds is 9. The van der Waals surface area contributed by atoms with E-state index in [9.17, 15) is 9.59 Å². The number of hydrogen-bond donors (Lipinski definition) is 1. The number of carbonyl (C=O) groups is 2. The number of aromatic amines is 1. The fourth-order valence-corrected chi connectivity index (χ4v) is 6.53. The van der Waals surface area contributed by atoms with Crippen molar-refractivity contribution in [2.75, 3.05) is 14.2 Å². The van der Waals surface area contributed by atoms with Gasteiger partial charge >= 0.3 is 11.9 Å². The molecule has 0 fully saturated rings. The fourth-order valence-electron chi connectivity index (χ4n) is 6.53. The van der Waals surface area contributed by atoms with Gasteiger partial charge in [-0.3, -0.25) is 9.59 Å². The highest BCUT2D eigenvalue weighted by atomic mass is 16.5. The highest BCUT2D eigenvalue weighted by Crippen LogP contribution is 2.37. The molecule has 1 N–H and O–H groups in total. The zero-order valence-corrected chi connectivity index (χ0v) is 27.9. The van der Waals surface area contributed by atoms with E-state index in [4.69, 9.17) is 19.4 Å². The summed E-state index contributed by atoms with van der Waals surface area (Å²) in [6.45, 7) is 19.3. The Hall–Kier alpha value is -4.98. The minimum absolute atomic E-state index is 0.237. The van der Waals surface area contributed by atoms with Crippen LogP contribution in [0.2, 0.25) is 0 Å². The molecule has 0 saturated heterocycles. The summed E-state index contributed by atoms with van der Waals surface area (Å²) in [6.07, 6.45) is 5.20. The Balaban J connectivity index is 1.97. The molecule has 46 heavy (non-hydrogen) atoms. The van der Waals surface area contributed by atoms with Crippen molar-refractivity contribution in [2.24, 2.45) is 0 Å². The number of esters is 2. The molecule has 0 unspecified atom stereocenters. The summed E-state index contributed by atoms with van der Waals surface area (Å²) >= 11 is 0.